The van der Waals surface area contributed by atoms with E-state index in [1.807, 2.05) is 0 Å². The van der Waals surface area contributed by atoms with Gasteiger partial charge in [-0.15, -0.1) is 0 Å². The molecule has 0 aliphatic heterocycles. The molecule has 0 spiro atoms. The van der Waals surface area contributed by atoms with E-state index in [9.17, 15) is 0 Å². The van der Waals surface area contributed by atoms with Gasteiger partial charge in [-0.3, -0.25) is 0 Å². The molecule has 0 aliphatic rings. The van der Waals surface area contributed by atoms with Crippen molar-refractivity contribution in [3.8, 4) is 55.9 Å². The van der Waals surface area contributed by atoms with Crippen LogP contribution < -0.4 is 0 Å². The van der Waals surface area contributed by atoms with Gasteiger partial charge in [-0.05, 0) is 148 Å². The molecule has 4 nitrogen and oxygen atoms in total. The maximum atomic E-state index is 6.68. The van der Waals surface area contributed by atoms with Gasteiger partial charge in [-0.25, -0.2) is 0 Å². The van der Waals surface area contributed by atoms with Crippen molar-refractivity contribution in [2.75, 3.05) is 0 Å². The molecule has 0 saturated heterocycles. The Bertz CT molecular complexity index is 4270. The van der Waals surface area contributed by atoms with Crippen LogP contribution in [0.4, 0.5) is 0 Å². The Balaban J connectivity index is 0.811. The van der Waals surface area contributed by atoms with Crippen LogP contribution in [0, 0.1) is 0 Å². The highest BCUT2D eigenvalue weighted by molar-refractivity contribution is 6.17. The Morgan fingerprint density at radius 2 is 0.500 bits per heavy atom. The molecule has 4 aromatic heterocycles. The van der Waals surface area contributed by atoms with Crippen molar-refractivity contribution in [2.24, 2.45) is 0 Å². The Kier molecular flexibility index (Phi) is 8.33. The van der Waals surface area contributed by atoms with Crippen LogP contribution in [0.5, 0.6) is 0 Å². The molecule has 0 unspecified atom stereocenters. The van der Waals surface area contributed by atoms with E-state index in [1.54, 1.807) is 0 Å². The summed E-state index contributed by atoms with van der Waals surface area (Å²) in [6.07, 6.45) is 0. The van der Waals surface area contributed by atoms with Crippen LogP contribution in [0.1, 0.15) is 0 Å². The summed E-state index contributed by atoms with van der Waals surface area (Å²) in [5, 5.41) is 9.18. The first kappa shape index (κ1) is 38.7. The molecule has 11 aromatic carbocycles. The number of furan rings is 2. The zero-order valence-electron chi connectivity index (χ0n) is 37.8. The maximum absolute atomic E-state index is 6.68. The van der Waals surface area contributed by atoms with Crippen LogP contribution in [0.25, 0.3) is 143 Å². The number of para-hydroxylation sites is 2. The fraction of sp³-hybridized carbons (Fsp3) is 0. The number of rotatable bonds is 6. The molecule has 15 rings (SSSR count). The summed E-state index contributed by atoms with van der Waals surface area (Å²) in [6, 6.07) is 87.4. The van der Waals surface area contributed by atoms with E-state index in [2.05, 4.69) is 252 Å². The maximum Gasteiger partial charge on any atom is 0.139 e. The highest BCUT2D eigenvalue weighted by atomic mass is 16.3. The Morgan fingerprint density at radius 3 is 0.871 bits per heavy atom. The third-order valence-electron chi connectivity index (χ3n) is 14.5. The van der Waals surface area contributed by atoms with E-state index in [4.69, 9.17) is 8.83 Å². The van der Waals surface area contributed by atoms with Gasteiger partial charge in [-0.2, -0.15) is 0 Å². The van der Waals surface area contributed by atoms with Gasteiger partial charge in [0, 0.05) is 60.5 Å². The number of aromatic nitrogens is 2. The molecular weight excluding hydrogens is 853 g/mol. The molecule has 15 aromatic rings. The summed E-state index contributed by atoms with van der Waals surface area (Å²) < 4.78 is 18.1. The molecule has 326 valence electrons. The van der Waals surface area contributed by atoms with Crippen molar-refractivity contribution in [1.29, 1.82) is 0 Å². The van der Waals surface area contributed by atoms with E-state index in [0.717, 1.165) is 77.5 Å². The minimum atomic E-state index is 0.809. The third-order valence-corrected chi connectivity index (χ3v) is 14.5. The summed E-state index contributed by atoms with van der Waals surface area (Å²) in [5.41, 5.74) is 19.6. The zero-order valence-corrected chi connectivity index (χ0v) is 37.8. The number of benzene rings is 11. The summed E-state index contributed by atoms with van der Waals surface area (Å²) in [4.78, 5) is 0. The molecule has 0 atom stereocenters. The fourth-order valence-corrected chi connectivity index (χ4v) is 11.1. The second-order valence-corrected chi connectivity index (χ2v) is 18.5. The lowest BCUT2D eigenvalue weighted by molar-refractivity contribution is 0.656. The highest BCUT2D eigenvalue weighted by Crippen LogP contribution is 2.43. The number of fused-ring (bicyclic) bond motifs is 12. The van der Waals surface area contributed by atoms with Gasteiger partial charge in [0.05, 0.1) is 22.1 Å². The predicted octanol–water partition coefficient (Wildman–Crippen LogP) is 18.3. The first-order valence-corrected chi connectivity index (χ1v) is 23.9. The van der Waals surface area contributed by atoms with Gasteiger partial charge >= 0.3 is 0 Å². The van der Waals surface area contributed by atoms with E-state index in [-0.39, 0.29) is 0 Å². The molecule has 0 saturated carbocycles. The van der Waals surface area contributed by atoms with Gasteiger partial charge in [0.25, 0.3) is 0 Å². The van der Waals surface area contributed by atoms with Crippen molar-refractivity contribution in [3.05, 3.63) is 243 Å². The van der Waals surface area contributed by atoms with Gasteiger partial charge in [0.1, 0.15) is 22.3 Å². The Morgan fingerprint density at radius 1 is 0.200 bits per heavy atom. The Hall–Kier alpha value is -9.38. The van der Waals surface area contributed by atoms with Gasteiger partial charge in [0.2, 0.25) is 0 Å². The average molecular weight is 893 g/mol. The van der Waals surface area contributed by atoms with Crippen molar-refractivity contribution < 1.29 is 8.83 Å². The quantitative estimate of drug-likeness (QED) is 0.167. The molecule has 0 N–H and O–H groups in total. The molecule has 0 fully saturated rings. The third kappa shape index (κ3) is 5.97. The minimum absolute atomic E-state index is 0.809. The molecule has 0 bridgehead atoms. The molecular formula is C66H40N2O2. The van der Waals surface area contributed by atoms with Crippen LogP contribution in [-0.4, -0.2) is 9.13 Å². The largest absolute Gasteiger partial charge is 0.456 e. The second kappa shape index (κ2) is 15.1. The van der Waals surface area contributed by atoms with Gasteiger partial charge < -0.3 is 18.0 Å². The monoisotopic (exact) mass is 892 g/mol. The van der Waals surface area contributed by atoms with E-state index in [1.165, 1.54) is 65.9 Å². The van der Waals surface area contributed by atoms with Crippen LogP contribution in [0.15, 0.2) is 251 Å². The summed E-state index contributed by atoms with van der Waals surface area (Å²) >= 11 is 0. The fourth-order valence-electron chi connectivity index (χ4n) is 11.1. The molecule has 0 radical (unpaired) electrons. The summed E-state index contributed by atoms with van der Waals surface area (Å²) in [6.45, 7) is 0. The lowest BCUT2D eigenvalue weighted by atomic mass is 9.99. The van der Waals surface area contributed by atoms with Crippen LogP contribution in [0.2, 0.25) is 0 Å². The SMILES string of the molecule is c1ccc(-c2ccc3c(c2)c2cc(-c4ccc5c(c4)oc4cc6oc7cc(-c8ccc9c(c8)c8cc(-c%10ccccc%10)ccc8n9-c8ccccc8)ccc7c6cc45)ccc2n3-c2ccccc2)cc1. The van der Waals surface area contributed by atoms with Crippen molar-refractivity contribution in [3.63, 3.8) is 0 Å². The molecule has 4 heterocycles. The smallest absolute Gasteiger partial charge is 0.139 e. The second-order valence-electron chi connectivity index (χ2n) is 18.5. The first-order valence-electron chi connectivity index (χ1n) is 23.9. The molecule has 0 aliphatic carbocycles. The van der Waals surface area contributed by atoms with Crippen LogP contribution in [0.3, 0.4) is 0 Å². The first-order chi connectivity index (χ1) is 34.7. The summed E-state index contributed by atoms with van der Waals surface area (Å²) in [5.74, 6) is 0. The van der Waals surface area contributed by atoms with Crippen molar-refractivity contribution in [1.82, 2.24) is 9.13 Å². The van der Waals surface area contributed by atoms with Crippen molar-refractivity contribution >= 4 is 87.5 Å². The average Bonchev–Trinajstić information content (AvgIpc) is 4.17. The molecule has 4 heteroatoms. The standard InChI is InChI=1S/C66H40N2O2/c1-5-13-41(14-6-1)43-23-29-59-53(33-43)55-35-45(25-31-61(55)67(59)49-17-9-3-10-18-49)47-21-27-51-57-39-58-52-28-22-48(38-64(52)70-66(58)40-65(57)69-63(51)37-47)46-26-32-62-56(36-46)54-34-44(42-15-7-2-8-16-42)24-30-60(54)68(62)50-19-11-4-12-20-50/h1-40H. The van der Waals surface area contributed by atoms with E-state index < -0.39 is 0 Å². The predicted molar refractivity (Wildman–Crippen MR) is 291 cm³/mol. The zero-order chi connectivity index (χ0) is 45.9. The van der Waals surface area contributed by atoms with Crippen molar-refractivity contribution in [2.45, 2.75) is 0 Å². The van der Waals surface area contributed by atoms with Crippen LogP contribution >= 0.6 is 0 Å². The van der Waals surface area contributed by atoms with Crippen LogP contribution in [-0.2, 0) is 0 Å². The Labute approximate surface area is 402 Å². The number of hydrogen-bond acceptors (Lipinski definition) is 2. The topological polar surface area (TPSA) is 36.1 Å². The lowest BCUT2D eigenvalue weighted by Crippen LogP contribution is -1.93. The molecule has 0 amide bonds. The van der Waals surface area contributed by atoms with E-state index >= 15 is 0 Å². The highest BCUT2D eigenvalue weighted by Gasteiger charge is 2.19. The minimum Gasteiger partial charge on any atom is -0.456 e. The normalized spacial score (nSPS) is 12.0. The number of nitrogens with zero attached hydrogens (tertiary/aromatic N) is 2. The number of hydrogen-bond donors (Lipinski definition) is 0. The molecule has 70 heavy (non-hydrogen) atoms. The van der Waals surface area contributed by atoms with Gasteiger partial charge in [0.15, 0.2) is 0 Å². The lowest BCUT2D eigenvalue weighted by Gasteiger charge is -2.08. The van der Waals surface area contributed by atoms with Gasteiger partial charge in [-0.1, -0.05) is 133 Å². The van der Waals surface area contributed by atoms with E-state index in [0.29, 0.717) is 0 Å². The summed E-state index contributed by atoms with van der Waals surface area (Å²) in [7, 11) is 0.